The lowest BCUT2D eigenvalue weighted by atomic mass is 10.0. The molecule has 0 aliphatic carbocycles. The van der Waals surface area contributed by atoms with Gasteiger partial charge in [0.1, 0.15) is 5.70 Å². The van der Waals surface area contributed by atoms with Gasteiger partial charge in [0.05, 0.1) is 5.75 Å². The number of thioether (sulfide) groups is 1. The fourth-order valence-electron chi connectivity index (χ4n) is 5.04. The van der Waals surface area contributed by atoms with Crippen molar-refractivity contribution in [1.82, 2.24) is 5.32 Å². The summed E-state index contributed by atoms with van der Waals surface area (Å²) in [7, 11) is 0. The number of fused-ring (bicyclic) bond motifs is 1. The molecule has 6 nitrogen and oxygen atoms in total. The molecular formula is C40H31N3O3S. The largest absolute Gasteiger partial charge is 0.325 e. The zero-order chi connectivity index (χ0) is 32.4. The number of hydrogen-bond donors (Lipinski definition) is 3. The molecule has 0 fully saturated rings. The fourth-order valence-corrected chi connectivity index (χ4v) is 5.80. The van der Waals surface area contributed by atoms with Crippen LogP contribution in [0.15, 0.2) is 162 Å². The van der Waals surface area contributed by atoms with Gasteiger partial charge in [0, 0.05) is 27.2 Å². The molecule has 0 atom stereocenters. The first kappa shape index (κ1) is 31.1. The molecule has 47 heavy (non-hydrogen) atoms. The van der Waals surface area contributed by atoms with Gasteiger partial charge in [0.25, 0.3) is 11.8 Å². The molecule has 230 valence electrons. The second-order valence-corrected chi connectivity index (χ2v) is 11.8. The molecule has 0 radical (unpaired) electrons. The Morgan fingerprint density at radius 1 is 0.617 bits per heavy atom. The van der Waals surface area contributed by atoms with Crippen molar-refractivity contribution in [2.24, 2.45) is 0 Å². The van der Waals surface area contributed by atoms with E-state index in [9.17, 15) is 14.4 Å². The van der Waals surface area contributed by atoms with E-state index in [1.54, 1.807) is 42.5 Å². The van der Waals surface area contributed by atoms with Crippen LogP contribution >= 0.6 is 11.8 Å². The molecule has 0 saturated carbocycles. The molecule has 0 aliphatic heterocycles. The highest BCUT2D eigenvalue weighted by molar-refractivity contribution is 8.00. The van der Waals surface area contributed by atoms with Crippen molar-refractivity contribution >= 4 is 57.7 Å². The van der Waals surface area contributed by atoms with Crippen LogP contribution in [0.25, 0.3) is 28.0 Å². The van der Waals surface area contributed by atoms with Gasteiger partial charge in [-0.15, -0.1) is 11.8 Å². The van der Waals surface area contributed by atoms with Crippen molar-refractivity contribution < 1.29 is 14.4 Å². The zero-order valence-electron chi connectivity index (χ0n) is 25.4. The average molecular weight is 634 g/mol. The van der Waals surface area contributed by atoms with E-state index in [0.29, 0.717) is 11.3 Å². The Hall–Kier alpha value is -5.92. The number of anilines is 2. The van der Waals surface area contributed by atoms with Crippen molar-refractivity contribution in [2.45, 2.75) is 4.90 Å². The second kappa shape index (κ2) is 14.9. The molecule has 0 saturated heterocycles. The topological polar surface area (TPSA) is 87.3 Å². The van der Waals surface area contributed by atoms with E-state index in [1.807, 2.05) is 115 Å². The molecule has 0 heterocycles. The molecule has 6 rings (SSSR count). The molecule has 0 unspecified atom stereocenters. The third-order valence-corrected chi connectivity index (χ3v) is 8.38. The third-order valence-electron chi connectivity index (χ3n) is 7.38. The fraction of sp³-hybridized carbons (Fsp3) is 0.0250. The first-order valence-corrected chi connectivity index (χ1v) is 16.1. The van der Waals surface area contributed by atoms with Crippen LogP contribution in [0, 0.1) is 0 Å². The Morgan fingerprint density at radius 3 is 2.06 bits per heavy atom. The van der Waals surface area contributed by atoms with Crippen LogP contribution in [-0.4, -0.2) is 23.5 Å². The summed E-state index contributed by atoms with van der Waals surface area (Å²) in [6.07, 6.45) is 1.65. The van der Waals surface area contributed by atoms with Crippen LogP contribution in [0.3, 0.4) is 0 Å². The quantitative estimate of drug-likeness (QED) is 0.104. The molecule has 0 bridgehead atoms. The van der Waals surface area contributed by atoms with E-state index in [2.05, 4.69) is 16.0 Å². The second-order valence-electron chi connectivity index (χ2n) is 10.7. The Bertz CT molecular complexity index is 2060. The van der Waals surface area contributed by atoms with Crippen molar-refractivity contribution in [3.8, 4) is 11.1 Å². The zero-order valence-corrected chi connectivity index (χ0v) is 26.2. The number of rotatable bonds is 10. The summed E-state index contributed by atoms with van der Waals surface area (Å²) < 4.78 is 0. The third kappa shape index (κ3) is 8.22. The van der Waals surface area contributed by atoms with E-state index < -0.39 is 11.8 Å². The maximum Gasteiger partial charge on any atom is 0.272 e. The van der Waals surface area contributed by atoms with E-state index in [1.165, 1.54) is 11.8 Å². The van der Waals surface area contributed by atoms with Crippen molar-refractivity contribution in [2.75, 3.05) is 16.4 Å². The van der Waals surface area contributed by atoms with Gasteiger partial charge in [-0.25, -0.2) is 0 Å². The lowest BCUT2D eigenvalue weighted by molar-refractivity contribution is -0.114. The average Bonchev–Trinajstić information content (AvgIpc) is 3.12. The summed E-state index contributed by atoms with van der Waals surface area (Å²) in [5, 5.41) is 10.7. The van der Waals surface area contributed by atoms with Crippen LogP contribution in [0.5, 0.6) is 0 Å². The molecule has 3 N–H and O–H groups in total. The highest BCUT2D eigenvalue weighted by Gasteiger charge is 2.16. The van der Waals surface area contributed by atoms with Crippen LogP contribution in [0.4, 0.5) is 11.4 Å². The maximum atomic E-state index is 13.6. The monoisotopic (exact) mass is 633 g/mol. The first-order valence-electron chi connectivity index (χ1n) is 15.1. The summed E-state index contributed by atoms with van der Waals surface area (Å²) in [5.41, 5.74) is 4.72. The van der Waals surface area contributed by atoms with Gasteiger partial charge in [-0.2, -0.15) is 0 Å². The molecule has 7 heteroatoms. The van der Waals surface area contributed by atoms with E-state index in [0.717, 1.165) is 38.0 Å². The Balaban J connectivity index is 1.15. The molecule has 6 aromatic rings. The summed E-state index contributed by atoms with van der Waals surface area (Å²) in [5.74, 6) is -0.808. The highest BCUT2D eigenvalue weighted by atomic mass is 32.2. The van der Waals surface area contributed by atoms with Gasteiger partial charge in [0.15, 0.2) is 0 Å². The summed E-state index contributed by atoms with van der Waals surface area (Å²) in [6, 6.07) is 47.5. The van der Waals surface area contributed by atoms with Crippen LogP contribution < -0.4 is 16.0 Å². The van der Waals surface area contributed by atoms with Crippen molar-refractivity contribution in [3.05, 3.63) is 168 Å². The first-order chi connectivity index (χ1) is 23.0. The van der Waals surface area contributed by atoms with Gasteiger partial charge in [0.2, 0.25) is 5.91 Å². The Kier molecular flexibility index (Phi) is 9.86. The minimum atomic E-state index is -0.475. The normalized spacial score (nSPS) is 11.1. The predicted octanol–water partition coefficient (Wildman–Crippen LogP) is 8.65. The standard InChI is InChI=1S/C40H31N3O3S/c44-38(42-36-20-9-16-31-13-7-8-19-35(31)36)27-47-34-18-10-17-33(26-34)41-40(46)37(43-39(45)32-14-5-2-6-15-32)25-28-21-23-30(24-22-28)29-11-3-1-4-12-29/h1-26H,27H2,(H,41,46)(H,42,44)(H,43,45)/b37-25+. The van der Waals surface area contributed by atoms with Gasteiger partial charge in [-0.1, -0.05) is 115 Å². The molecule has 6 aromatic carbocycles. The lowest BCUT2D eigenvalue weighted by Gasteiger charge is -2.13. The lowest BCUT2D eigenvalue weighted by Crippen LogP contribution is -2.30. The number of benzene rings is 6. The number of carbonyl (C=O) groups is 3. The molecule has 0 aliphatic rings. The SMILES string of the molecule is O=C(CSc1cccc(NC(=O)/C(=C\c2ccc(-c3ccccc3)cc2)NC(=O)c2ccccc2)c1)Nc1cccc2ccccc12. The van der Waals surface area contributed by atoms with Crippen molar-refractivity contribution in [1.29, 1.82) is 0 Å². The number of carbonyl (C=O) groups excluding carboxylic acids is 3. The minimum Gasteiger partial charge on any atom is -0.325 e. The van der Waals surface area contributed by atoms with E-state index in [-0.39, 0.29) is 17.4 Å². The van der Waals surface area contributed by atoms with Crippen LogP contribution in [0.2, 0.25) is 0 Å². The van der Waals surface area contributed by atoms with Crippen LogP contribution in [0.1, 0.15) is 15.9 Å². The molecule has 0 aromatic heterocycles. The summed E-state index contributed by atoms with van der Waals surface area (Å²) >= 11 is 1.37. The number of amides is 3. The number of hydrogen-bond acceptors (Lipinski definition) is 4. The predicted molar refractivity (Wildman–Crippen MR) is 192 cm³/mol. The maximum absolute atomic E-state index is 13.6. The molecule has 0 spiro atoms. The minimum absolute atomic E-state index is 0.0961. The number of nitrogens with one attached hydrogen (secondary N) is 3. The van der Waals surface area contributed by atoms with Gasteiger partial charge < -0.3 is 16.0 Å². The van der Waals surface area contributed by atoms with Crippen LogP contribution in [-0.2, 0) is 9.59 Å². The van der Waals surface area contributed by atoms with Crippen molar-refractivity contribution in [3.63, 3.8) is 0 Å². The van der Waals surface area contributed by atoms with Gasteiger partial charge in [-0.3, -0.25) is 14.4 Å². The molecular weight excluding hydrogens is 603 g/mol. The highest BCUT2D eigenvalue weighted by Crippen LogP contribution is 2.26. The van der Waals surface area contributed by atoms with E-state index >= 15 is 0 Å². The van der Waals surface area contributed by atoms with Gasteiger partial charge in [-0.05, 0) is 64.6 Å². The summed E-state index contributed by atoms with van der Waals surface area (Å²) in [6.45, 7) is 0. The Labute approximate surface area is 277 Å². The van der Waals surface area contributed by atoms with Gasteiger partial charge >= 0.3 is 0 Å². The summed E-state index contributed by atoms with van der Waals surface area (Å²) in [4.78, 5) is 40.3. The smallest absolute Gasteiger partial charge is 0.272 e. The molecule has 3 amide bonds. The Morgan fingerprint density at radius 2 is 1.28 bits per heavy atom. The van der Waals surface area contributed by atoms with E-state index in [4.69, 9.17) is 0 Å².